The average Bonchev–Trinajstić information content (AvgIpc) is 3.74. The van der Waals surface area contributed by atoms with Gasteiger partial charge < -0.3 is 19.4 Å². The number of rotatable bonds is 8. The van der Waals surface area contributed by atoms with Crippen LogP contribution in [-0.2, 0) is 9.59 Å². The fraction of sp³-hybridized carbons (Fsp3) is 0.158. The van der Waals surface area contributed by atoms with Gasteiger partial charge in [0.25, 0.3) is 0 Å². The Morgan fingerprint density at radius 1 is 0.478 bits per heavy atom. The van der Waals surface area contributed by atoms with Gasteiger partial charge in [0.05, 0.1) is 11.8 Å². The maximum atomic E-state index is 13.4. The van der Waals surface area contributed by atoms with Crippen molar-refractivity contribution in [2.45, 2.75) is 25.7 Å². The number of aromatic nitrogens is 4. The maximum absolute atomic E-state index is 13.4. The second-order valence-corrected chi connectivity index (χ2v) is 11.4. The van der Waals surface area contributed by atoms with Crippen LogP contribution in [0.3, 0.4) is 0 Å². The van der Waals surface area contributed by atoms with Crippen molar-refractivity contribution in [2.75, 3.05) is 0 Å². The highest BCUT2D eigenvalue weighted by Crippen LogP contribution is 2.36. The molecule has 8 heteroatoms. The van der Waals surface area contributed by atoms with Crippen molar-refractivity contribution in [1.29, 1.82) is 0 Å². The molecule has 8 nitrogen and oxygen atoms in total. The molecular formula is C38H32N4O4. The predicted octanol–water partition coefficient (Wildman–Crippen LogP) is 8.12. The minimum absolute atomic E-state index is 0.248. The van der Waals surface area contributed by atoms with E-state index < -0.39 is 0 Å². The number of hydrogen-bond acceptors (Lipinski definition) is 6. The van der Waals surface area contributed by atoms with E-state index >= 15 is 0 Å². The number of imidazole rings is 2. The number of H-pyrrole nitrogens is 2. The molecule has 2 N–H and O–H groups in total. The van der Waals surface area contributed by atoms with E-state index in [4.69, 9.17) is 9.47 Å². The zero-order chi connectivity index (χ0) is 31.3. The second-order valence-electron chi connectivity index (χ2n) is 11.4. The number of benzene rings is 4. The van der Waals surface area contributed by atoms with Crippen LogP contribution in [0.25, 0.3) is 45.3 Å². The number of aromatic amines is 2. The highest BCUT2D eigenvalue weighted by Gasteiger charge is 2.34. The summed E-state index contributed by atoms with van der Waals surface area (Å²) < 4.78 is 11.9. The molecule has 46 heavy (non-hydrogen) atoms. The minimum atomic E-state index is -0.348. The van der Waals surface area contributed by atoms with Crippen LogP contribution in [0.4, 0.5) is 0 Å². The third kappa shape index (κ3) is 6.23. The van der Waals surface area contributed by atoms with E-state index in [0.717, 1.165) is 22.3 Å². The summed E-state index contributed by atoms with van der Waals surface area (Å²) in [6.45, 7) is 0. The zero-order valence-electron chi connectivity index (χ0n) is 25.1. The minimum Gasteiger partial charge on any atom is -0.405 e. The Bertz CT molecular complexity index is 1790. The van der Waals surface area contributed by atoms with Crippen molar-refractivity contribution in [1.82, 2.24) is 19.9 Å². The fourth-order valence-corrected chi connectivity index (χ4v) is 5.85. The Morgan fingerprint density at radius 2 is 0.783 bits per heavy atom. The number of nitrogens with zero attached hydrogens (tertiary/aromatic N) is 2. The third-order valence-electron chi connectivity index (χ3n) is 8.35. The van der Waals surface area contributed by atoms with Gasteiger partial charge in [-0.25, -0.2) is 0 Å². The van der Waals surface area contributed by atoms with Crippen molar-refractivity contribution in [2.24, 2.45) is 11.8 Å². The molecule has 1 aliphatic carbocycles. The number of nitrogens with one attached hydrogen (secondary N) is 2. The lowest BCUT2D eigenvalue weighted by Crippen LogP contribution is -2.30. The van der Waals surface area contributed by atoms with Crippen LogP contribution in [0.2, 0.25) is 0 Å². The molecule has 1 aliphatic rings. The molecule has 1 saturated carbocycles. The molecule has 0 spiro atoms. The Morgan fingerprint density at radius 3 is 1.11 bits per heavy atom. The SMILES string of the molecule is O=C(Oc1nc(-c2ccccc2)[nH]c1-c1ccccc1)C1CCC(C(=O)Oc2nc(-c3ccccc3)[nH]c2-c2ccccc2)CC1. The monoisotopic (exact) mass is 608 g/mol. The second kappa shape index (κ2) is 13.1. The van der Waals surface area contributed by atoms with Gasteiger partial charge in [0, 0.05) is 22.3 Å². The van der Waals surface area contributed by atoms with Crippen LogP contribution in [0.15, 0.2) is 121 Å². The smallest absolute Gasteiger partial charge is 0.315 e. The molecule has 7 rings (SSSR count). The third-order valence-corrected chi connectivity index (χ3v) is 8.35. The van der Waals surface area contributed by atoms with Gasteiger partial charge >= 0.3 is 11.9 Å². The van der Waals surface area contributed by atoms with Crippen LogP contribution in [0, 0.1) is 11.8 Å². The van der Waals surface area contributed by atoms with E-state index in [0.29, 0.717) is 48.7 Å². The summed E-state index contributed by atoms with van der Waals surface area (Å²) in [7, 11) is 0. The molecular weight excluding hydrogens is 576 g/mol. The Hall–Kier alpha value is -5.76. The van der Waals surface area contributed by atoms with Crippen LogP contribution in [0.5, 0.6) is 11.8 Å². The molecule has 4 aromatic carbocycles. The molecule has 2 aromatic heterocycles. The first-order chi connectivity index (χ1) is 22.6. The number of carbonyl (C=O) groups excluding carboxylic acids is 2. The van der Waals surface area contributed by atoms with Gasteiger partial charge in [-0.2, -0.15) is 9.97 Å². The summed E-state index contributed by atoms with van der Waals surface area (Å²) >= 11 is 0. The maximum Gasteiger partial charge on any atom is 0.315 e. The van der Waals surface area contributed by atoms with E-state index in [1.54, 1.807) is 0 Å². The first-order valence-corrected chi connectivity index (χ1v) is 15.5. The van der Waals surface area contributed by atoms with Gasteiger partial charge in [-0.1, -0.05) is 121 Å². The van der Waals surface area contributed by atoms with Gasteiger partial charge in [0.2, 0.25) is 11.8 Å². The van der Waals surface area contributed by atoms with Gasteiger partial charge in [0.15, 0.2) is 0 Å². The molecule has 1 fully saturated rings. The molecule has 0 saturated heterocycles. The Kier molecular flexibility index (Phi) is 8.24. The summed E-state index contributed by atoms with van der Waals surface area (Å²) in [6, 6.07) is 38.8. The summed E-state index contributed by atoms with van der Waals surface area (Å²) in [5.74, 6) is 0.354. The highest BCUT2D eigenvalue weighted by molar-refractivity contribution is 5.81. The zero-order valence-corrected chi connectivity index (χ0v) is 25.1. The quantitative estimate of drug-likeness (QED) is 0.169. The van der Waals surface area contributed by atoms with E-state index in [1.165, 1.54) is 0 Å². The fourth-order valence-electron chi connectivity index (χ4n) is 5.85. The molecule has 0 aliphatic heterocycles. The number of ether oxygens (including phenoxy) is 2. The van der Waals surface area contributed by atoms with Gasteiger partial charge in [-0.3, -0.25) is 9.59 Å². The van der Waals surface area contributed by atoms with Crippen LogP contribution < -0.4 is 9.47 Å². The molecule has 0 bridgehead atoms. The molecule has 2 heterocycles. The number of carbonyl (C=O) groups is 2. The van der Waals surface area contributed by atoms with Crippen molar-refractivity contribution >= 4 is 11.9 Å². The lowest BCUT2D eigenvalue weighted by molar-refractivity contribution is -0.145. The van der Waals surface area contributed by atoms with Crippen LogP contribution in [-0.4, -0.2) is 31.9 Å². The number of hydrogen-bond donors (Lipinski definition) is 2. The summed E-state index contributed by atoms with van der Waals surface area (Å²) in [5, 5.41) is 0. The first kappa shape index (κ1) is 29.0. The van der Waals surface area contributed by atoms with Gasteiger partial charge in [-0.05, 0) is 25.7 Å². The first-order valence-electron chi connectivity index (χ1n) is 15.5. The molecule has 228 valence electrons. The average molecular weight is 609 g/mol. The largest absolute Gasteiger partial charge is 0.405 e. The van der Waals surface area contributed by atoms with Crippen molar-refractivity contribution in [3.63, 3.8) is 0 Å². The molecule has 0 radical (unpaired) electrons. The normalized spacial score (nSPS) is 16.1. The molecule has 0 unspecified atom stereocenters. The van der Waals surface area contributed by atoms with Crippen LogP contribution >= 0.6 is 0 Å². The summed E-state index contributed by atoms with van der Waals surface area (Å²) in [5.41, 5.74) is 4.82. The molecule has 6 aromatic rings. The van der Waals surface area contributed by atoms with E-state index in [-0.39, 0.29) is 35.5 Å². The lowest BCUT2D eigenvalue weighted by atomic mass is 9.82. The lowest BCUT2D eigenvalue weighted by Gasteiger charge is -2.25. The highest BCUT2D eigenvalue weighted by atomic mass is 16.5. The van der Waals surface area contributed by atoms with Gasteiger partial charge in [-0.15, -0.1) is 0 Å². The topological polar surface area (TPSA) is 110 Å². The Labute approximate surface area is 266 Å². The Balaban J connectivity index is 1.04. The summed E-state index contributed by atoms with van der Waals surface area (Å²) in [4.78, 5) is 42.8. The summed E-state index contributed by atoms with van der Waals surface area (Å²) in [6.07, 6.45) is 2.04. The van der Waals surface area contributed by atoms with Crippen molar-refractivity contribution in [3.8, 4) is 57.1 Å². The molecule has 0 amide bonds. The van der Waals surface area contributed by atoms with E-state index in [1.807, 2.05) is 121 Å². The van der Waals surface area contributed by atoms with Crippen molar-refractivity contribution in [3.05, 3.63) is 121 Å². The van der Waals surface area contributed by atoms with Gasteiger partial charge in [0.1, 0.15) is 23.0 Å². The number of esters is 2. The predicted molar refractivity (Wildman–Crippen MR) is 176 cm³/mol. The molecule has 0 atom stereocenters. The van der Waals surface area contributed by atoms with E-state index in [2.05, 4.69) is 19.9 Å². The van der Waals surface area contributed by atoms with Crippen LogP contribution in [0.1, 0.15) is 25.7 Å². The van der Waals surface area contributed by atoms with Crippen molar-refractivity contribution < 1.29 is 19.1 Å². The standard InChI is InChI=1S/C38H32N4O4/c43-37(45-35-31(25-13-5-1-6-14-25)39-33(41-35)27-17-9-3-10-18-27)29-21-23-30(24-22-29)38(44)46-36-32(26-15-7-2-8-16-26)40-34(42-36)28-19-11-4-12-20-28/h1-20,29-30H,21-24H2,(H,39,41)(H,40,42). The van der Waals surface area contributed by atoms with E-state index in [9.17, 15) is 9.59 Å².